The summed E-state index contributed by atoms with van der Waals surface area (Å²) in [7, 11) is 0. The zero-order valence-corrected chi connectivity index (χ0v) is 17.4. The van der Waals surface area contributed by atoms with Crippen molar-refractivity contribution in [3.8, 4) is 5.75 Å². The molecule has 0 amide bonds. The van der Waals surface area contributed by atoms with E-state index in [1.54, 1.807) is 24.4 Å². The molecule has 2 aromatic carbocycles. The Morgan fingerprint density at radius 3 is 2.78 bits per heavy atom. The molecule has 1 aliphatic carbocycles. The number of hydrogen-bond acceptors (Lipinski definition) is 6. The number of aryl methyl sites for hydroxylation is 1. The number of fused-ring (bicyclic) bond motifs is 2. The van der Waals surface area contributed by atoms with Gasteiger partial charge >= 0.3 is 5.97 Å². The molecule has 6 nitrogen and oxygen atoms in total. The number of furan rings is 1. The lowest BCUT2D eigenvalue weighted by atomic mass is 9.93. The number of halogens is 1. The number of hydrazone groups is 1. The Labute approximate surface area is 183 Å². The second kappa shape index (κ2) is 8.26. The van der Waals surface area contributed by atoms with Crippen LogP contribution in [0.4, 0.5) is 10.1 Å². The molecule has 1 aliphatic rings. The molecule has 32 heavy (non-hydrogen) atoms. The number of carbonyl (C=O) groups is 1. The van der Waals surface area contributed by atoms with Gasteiger partial charge in [-0.05, 0) is 56.2 Å². The van der Waals surface area contributed by atoms with E-state index in [2.05, 4.69) is 15.5 Å². The number of benzene rings is 2. The fourth-order valence-corrected chi connectivity index (χ4v) is 3.94. The molecular formula is C25H20FN3O3. The topological polar surface area (TPSA) is 76.7 Å². The SMILES string of the molecule is Cc1c(C(=O)Oc2cccc3cccnc23)oc2c1/C(=N/Nc1ccc(F)cc1)CCC2. The van der Waals surface area contributed by atoms with Crippen molar-refractivity contribution in [3.63, 3.8) is 0 Å². The van der Waals surface area contributed by atoms with E-state index in [9.17, 15) is 9.18 Å². The van der Waals surface area contributed by atoms with E-state index in [0.29, 0.717) is 22.5 Å². The summed E-state index contributed by atoms with van der Waals surface area (Å²) >= 11 is 0. The summed E-state index contributed by atoms with van der Waals surface area (Å²) in [6.45, 7) is 1.83. The average Bonchev–Trinajstić information content (AvgIpc) is 3.16. The van der Waals surface area contributed by atoms with Gasteiger partial charge in [-0.2, -0.15) is 5.10 Å². The van der Waals surface area contributed by atoms with E-state index in [0.717, 1.165) is 41.7 Å². The normalized spacial score (nSPS) is 14.4. The maximum atomic E-state index is 13.1. The first-order valence-corrected chi connectivity index (χ1v) is 10.4. The molecule has 0 atom stereocenters. The van der Waals surface area contributed by atoms with Gasteiger partial charge in [0.05, 0.1) is 11.4 Å². The van der Waals surface area contributed by atoms with Gasteiger partial charge in [0.2, 0.25) is 5.76 Å². The van der Waals surface area contributed by atoms with Crippen LogP contribution >= 0.6 is 0 Å². The average molecular weight is 429 g/mol. The Kier molecular flexibility index (Phi) is 5.15. The minimum atomic E-state index is -0.569. The number of nitrogens with one attached hydrogen (secondary N) is 1. The van der Waals surface area contributed by atoms with Crippen molar-refractivity contribution < 1.29 is 18.3 Å². The van der Waals surface area contributed by atoms with Gasteiger partial charge in [-0.25, -0.2) is 9.18 Å². The Hall–Kier alpha value is -4.00. The number of nitrogens with zero attached hydrogens (tertiary/aromatic N) is 2. The van der Waals surface area contributed by atoms with E-state index in [4.69, 9.17) is 9.15 Å². The zero-order valence-electron chi connectivity index (χ0n) is 17.4. The second-order valence-corrected chi connectivity index (χ2v) is 7.61. The van der Waals surface area contributed by atoms with Crippen LogP contribution in [0.25, 0.3) is 10.9 Å². The summed E-state index contributed by atoms with van der Waals surface area (Å²) < 4.78 is 24.7. The number of hydrogen-bond donors (Lipinski definition) is 1. The molecule has 4 aromatic rings. The number of para-hydroxylation sites is 1. The minimum Gasteiger partial charge on any atom is -0.453 e. The maximum absolute atomic E-state index is 13.1. The number of pyridine rings is 1. The number of ether oxygens (including phenoxy) is 1. The van der Waals surface area contributed by atoms with Crippen molar-refractivity contribution in [2.24, 2.45) is 5.10 Å². The fourth-order valence-electron chi connectivity index (χ4n) is 3.94. The molecule has 7 heteroatoms. The molecule has 2 heterocycles. The van der Waals surface area contributed by atoms with Crippen LogP contribution in [0, 0.1) is 12.7 Å². The second-order valence-electron chi connectivity index (χ2n) is 7.61. The van der Waals surface area contributed by atoms with Crippen LogP contribution in [0.1, 0.15) is 40.3 Å². The molecule has 0 aliphatic heterocycles. The molecule has 0 fully saturated rings. The molecule has 5 rings (SSSR count). The number of anilines is 1. The van der Waals surface area contributed by atoms with Crippen molar-refractivity contribution in [2.75, 3.05) is 5.43 Å². The summed E-state index contributed by atoms with van der Waals surface area (Å²) in [4.78, 5) is 17.3. The number of carbonyl (C=O) groups excluding carboxylic acids is 1. The van der Waals surface area contributed by atoms with Gasteiger partial charge in [0.1, 0.15) is 17.1 Å². The van der Waals surface area contributed by atoms with E-state index in [-0.39, 0.29) is 11.6 Å². The summed E-state index contributed by atoms with van der Waals surface area (Å²) in [6.07, 6.45) is 3.97. The first-order chi connectivity index (χ1) is 15.6. The number of rotatable bonds is 4. The number of aromatic nitrogens is 1. The lowest BCUT2D eigenvalue weighted by molar-refractivity contribution is 0.0700. The quantitative estimate of drug-likeness (QED) is 0.258. The lowest BCUT2D eigenvalue weighted by Gasteiger charge is -2.13. The highest BCUT2D eigenvalue weighted by molar-refractivity contribution is 6.06. The molecule has 0 bridgehead atoms. The van der Waals surface area contributed by atoms with E-state index >= 15 is 0 Å². The van der Waals surface area contributed by atoms with Crippen LogP contribution < -0.4 is 10.2 Å². The predicted octanol–water partition coefficient (Wildman–Crippen LogP) is 5.65. The third-order valence-electron chi connectivity index (χ3n) is 5.47. The Morgan fingerprint density at radius 1 is 1.12 bits per heavy atom. The summed E-state index contributed by atoms with van der Waals surface area (Å²) in [5.74, 6) is 0.392. The van der Waals surface area contributed by atoms with Gasteiger partial charge in [-0.3, -0.25) is 10.4 Å². The highest BCUT2D eigenvalue weighted by Crippen LogP contribution is 2.31. The predicted molar refractivity (Wildman–Crippen MR) is 120 cm³/mol. The highest BCUT2D eigenvalue weighted by atomic mass is 19.1. The van der Waals surface area contributed by atoms with Crippen LogP contribution in [0.5, 0.6) is 5.75 Å². The standard InChI is InChI=1S/C25H20FN3O3/c1-15-22-19(29-28-18-12-10-17(26)11-13-18)7-3-8-20(22)31-24(15)25(30)32-21-9-2-5-16-6-4-14-27-23(16)21/h2,4-6,9-14,28H,3,7-8H2,1H3/b29-19+. The molecule has 1 N–H and O–H groups in total. The number of esters is 1. The van der Waals surface area contributed by atoms with Gasteiger partial charge in [0, 0.05) is 29.1 Å². The van der Waals surface area contributed by atoms with Crippen LogP contribution in [0.2, 0.25) is 0 Å². The van der Waals surface area contributed by atoms with Crippen LogP contribution in [-0.2, 0) is 6.42 Å². The van der Waals surface area contributed by atoms with Gasteiger partial charge in [-0.15, -0.1) is 0 Å². The summed E-state index contributed by atoms with van der Waals surface area (Å²) in [5.41, 5.74) is 6.57. The van der Waals surface area contributed by atoms with E-state index in [1.807, 2.05) is 31.2 Å². The summed E-state index contributed by atoms with van der Waals surface area (Å²) in [5, 5.41) is 5.39. The van der Waals surface area contributed by atoms with E-state index < -0.39 is 5.97 Å². The van der Waals surface area contributed by atoms with Crippen LogP contribution in [0.15, 0.2) is 70.3 Å². The summed E-state index contributed by atoms with van der Waals surface area (Å²) in [6, 6.07) is 15.2. The van der Waals surface area contributed by atoms with Gasteiger partial charge in [0.15, 0.2) is 5.75 Å². The molecule has 0 unspecified atom stereocenters. The highest BCUT2D eigenvalue weighted by Gasteiger charge is 2.29. The van der Waals surface area contributed by atoms with Crippen molar-refractivity contribution in [1.82, 2.24) is 4.98 Å². The third-order valence-corrected chi connectivity index (χ3v) is 5.47. The fraction of sp³-hybridized carbons (Fsp3) is 0.160. The van der Waals surface area contributed by atoms with Gasteiger partial charge in [-0.1, -0.05) is 18.2 Å². The zero-order chi connectivity index (χ0) is 22.1. The third kappa shape index (κ3) is 3.73. The van der Waals surface area contributed by atoms with Gasteiger partial charge < -0.3 is 9.15 Å². The first-order valence-electron chi connectivity index (χ1n) is 10.4. The molecule has 0 radical (unpaired) electrons. The van der Waals surface area contributed by atoms with Crippen molar-refractivity contribution >= 4 is 28.3 Å². The molecule has 0 saturated carbocycles. The minimum absolute atomic E-state index is 0.166. The van der Waals surface area contributed by atoms with Crippen molar-refractivity contribution in [1.29, 1.82) is 0 Å². The Balaban J connectivity index is 1.43. The maximum Gasteiger partial charge on any atom is 0.380 e. The molecule has 0 spiro atoms. The smallest absolute Gasteiger partial charge is 0.380 e. The van der Waals surface area contributed by atoms with Crippen LogP contribution in [-0.4, -0.2) is 16.7 Å². The van der Waals surface area contributed by atoms with E-state index in [1.165, 1.54) is 12.1 Å². The lowest BCUT2D eigenvalue weighted by Crippen LogP contribution is -2.13. The first kappa shape index (κ1) is 19.9. The molecular weight excluding hydrogens is 409 g/mol. The Morgan fingerprint density at radius 2 is 1.94 bits per heavy atom. The molecule has 0 saturated heterocycles. The van der Waals surface area contributed by atoms with Crippen molar-refractivity contribution in [2.45, 2.75) is 26.2 Å². The molecule has 160 valence electrons. The largest absolute Gasteiger partial charge is 0.453 e. The van der Waals surface area contributed by atoms with Gasteiger partial charge in [0.25, 0.3) is 0 Å². The molecule has 2 aromatic heterocycles. The Bertz CT molecular complexity index is 1340. The monoisotopic (exact) mass is 429 g/mol. The van der Waals surface area contributed by atoms with Crippen molar-refractivity contribution in [3.05, 3.63) is 89.3 Å². The van der Waals surface area contributed by atoms with Crippen LogP contribution in [0.3, 0.4) is 0 Å².